The SMILES string of the molecule is CCOC(=O)c1c(NC(=O)CCCCCN2C(=O)c3ccccc3C2=O)sc2c1CCCC2. The molecule has 174 valence electrons. The first-order valence-electron chi connectivity index (χ1n) is 11.6. The molecule has 7 nitrogen and oxygen atoms in total. The van der Waals surface area contributed by atoms with E-state index in [0.29, 0.717) is 60.5 Å². The average Bonchev–Trinajstić information content (AvgIpc) is 3.29. The van der Waals surface area contributed by atoms with Crippen molar-refractivity contribution in [2.24, 2.45) is 0 Å². The second-order valence-corrected chi connectivity index (χ2v) is 9.41. The maximum Gasteiger partial charge on any atom is 0.341 e. The maximum atomic E-state index is 12.6. The predicted octanol–water partition coefficient (Wildman–Crippen LogP) is 4.60. The van der Waals surface area contributed by atoms with Gasteiger partial charge < -0.3 is 10.1 Å². The molecule has 33 heavy (non-hydrogen) atoms. The Balaban J connectivity index is 1.27. The van der Waals surface area contributed by atoms with Gasteiger partial charge in [-0.1, -0.05) is 18.6 Å². The Morgan fingerprint density at radius 2 is 1.73 bits per heavy atom. The number of carbonyl (C=O) groups is 4. The van der Waals surface area contributed by atoms with Gasteiger partial charge >= 0.3 is 5.97 Å². The molecule has 8 heteroatoms. The number of amides is 3. The van der Waals surface area contributed by atoms with Gasteiger partial charge in [-0.2, -0.15) is 0 Å². The van der Waals surface area contributed by atoms with Crippen molar-refractivity contribution in [3.05, 3.63) is 51.4 Å². The van der Waals surface area contributed by atoms with E-state index in [1.807, 2.05) is 0 Å². The van der Waals surface area contributed by atoms with E-state index in [1.54, 1.807) is 31.2 Å². The number of unbranched alkanes of at least 4 members (excludes halogenated alkanes) is 2. The van der Waals surface area contributed by atoms with Crippen LogP contribution in [0.3, 0.4) is 0 Å². The number of carbonyl (C=O) groups excluding carboxylic acids is 4. The molecule has 0 radical (unpaired) electrons. The molecule has 0 bridgehead atoms. The van der Waals surface area contributed by atoms with E-state index in [1.165, 1.54) is 21.1 Å². The average molecular weight is 469 g/mol. The molecule has 0 saturated heterocycles. The fourth-order valence-corrected chi connectivity index (χ4v) is 5.73. The summed E-state index contributed by atoms with van der Waals surface area (Å²) >= 11 is 1.49. The van der Waals surface area contributed by atoms with Crippen molar-refractivity contribution >= 4 is 40.0 Å². The number of hydrogen-bond donors (Lipinski definition) is 1. The molecule has 4 rings (SSSR count). The Kier molecular flexibility index (Phi) is 7.23. The lowest BCUT2D eigenvalue weighted by atomic mass is 9.95. The number of imide groups is 1. The third-order valence-corrected chi connectivity index (χ3v) is 7.27. The quantitative estimate of drug-likeness (QED) is 0.330. The summed E-state index contributed by atoms with van der Waals surface area (Å²) < 4.78 is 5.23. The van der Waals surface area contributed by atoms with Gasteiger partial charge in [0.2, 0.25) is 5.91 Å². The molecular weight excluding hydrogens is 440 g/mol. The minimum atomic E-state index is -0.367. The van der Waals surface area contributed by atoms with Gasteiger partial charge in [-0.05, 0) is 63.1 Å². The number of ether oxygens (including phenoxy) is 1. The Labute approximate surface area is 197 Å². The lowest BCUT2D eigenvalue weighted by Gasteiger charge is -2.13. The zero-order valence-electron chi connectivity index (χ0n) is 18.8. The minimum absolute atomic E-state index is 0.139. The van der Waals surface area contributed by atoms with E-state index < -0.39 is 0 Å². The van der Waals surface area contributed by atoms with Crippen LogP contribution in [0.1, 0.15) is 87.0 Å². The number of anilines is 1. The number of thiophene rings is 1. The molecule has 0 spiro atoms. The van der Waals surface area contributed by atoms with Gasteiger partial charge in [0.25, 0.3) is 11.8 Å². The van der Waals surface area contributed by atoms with E-state index >= 15 is 0 Å². The van der Waals surface area contributed by atoms with Gasteiger partial charge in [-0.3, -0.25) is 19.3 Å². The highest BCUT2D eigenvalue weighted by Gasteiger charge is 2.34. The van der Waals surface area contributed by atoms with Gasteiger partial charge in [0.15, 0.2) is 0 Å². The molecule has 2 aliphatic rings. The maximum absolute atomic E-state index is 12.6. The number of esters is 1. The van der Waals surface area contributed by atoms with Crippen LogP contribution in [0.5, 0.6) is 0 Å². The first kappa shape index (κ1) is 23.2. The second kappa shape index (κ2) is 10.3. The van der Waals surface area contributed by atoms with E-state index in [2.05, 4.69) is 5.32 Å². The summed E-state index contributed by atoms with van der Waals surface area (Å²) in [5.74, 6) is -1.00. The molecule has 3 amide bonds. The smallest absolute Gasteiger partial charge is 0.341 e. The van der Waals surface area contributed by atoms with Crippen LogP contribution < -0.4 is 5.32 Å². The fourth-order valence-electron chi connectivity index (χ4n) is 4.44. The summed E-state index contributed by atoms with van der Waals surface area (Å²) in [6, 6.07) is 6.85. The summed E-state index contributed by atoms with van der Waals surface area (Å²) in [7, 11) is 0. The third kappa shape index (κ3) is 4.85. The molecule has 2 aromatic rings. The first-order valence-corrected chi connectivity index (χ1v) is 12.4. The minimum Gasteiger partial charge on any atom is -0.462 e. The second-order valence-electron chi connectivity index (χ2n) is 8.30. The van der Waals surface area contributed by atoms with Crippen molar-refractivity contribution in [1.82, 2.24) is 4.90 Å². The van der Waals surface area contributed by atoms with Crippen LogP contribution in [0.2, 0.25) is 0 Å². The molecule has 1 aliphatic heterocycles. The normalized spacial score (nSPS) is 14.8. The molecule has 1 N–H and O–H groups in total. The van der Waals surface area contributed by atoms with Crippen molar-refractivity contribution in [2.75, 3.05) is 18.5 Å². The van der Waals surface area contributed by atoms with Crippen LogP contribution in [0.25, 0.3) is 0 Å². The van der Waals surface area contributed by atoms with Gasteiger partial charge in [0.05, 0.1) is 23.3 Å². The van der Waals surface area contributed by atoms with Crippen molar-refractivity contribution < 1.29 is 23.9 Å². The third-order valence-electron chi connectivity index (χ3n) is 6.07. The summed E-state index contributed by atoms with van der Waals surface area (Å²) in [6.45, 7) is 2.42. The van der Waals surface area contributed by atoms with Crippen LogP contribution in [-0.2, 0) is 22.4 Å². The molecule has 0 fully saturated rings. The van der Waals surface area contributed by atoms with E-state index in [9.17, 15) is 19.2 Å². The van der Waals surface area contributed by atoms with E-state index in [0.717, 1.165) is 31.2 Å². The highest BCUT2D eigenvalue weighted by atomic mass is 32.1. The number of hydrogen-bond acceptors (Lipinski definition) is 6. The van der Waals surface area contributed by atoms with Crippen LogP contribution in [0.4, 0.5) is 5.00 Å². The van der Waals surface area contributed by atoms with Crippen LogP contribution >= 0.6 is 11.3 Å². The molecule has 1 aliphatic carbocycles. The lowest BCUT2D eigenvalue weighted by Crippen LogP contribution is -2.30. The van der Waals surface area contributed by atoms with Gasteiger partial charge in [-0.15, -0.1) is 11.3 Å². The highest BCUT2D eigenvalue weighted by molar-refractivity contribution is 7.17. The summed E-state index contributed by atoms with van der Waals surface area (Å²) in [4.78, 5) is 52.3. The molecule has 1 aromatic carbocycles. The Hall–Kier alpha value is -3.00. The van der Waals surface area contributed by atoms with E-state index in [4.69, 9.17) is 4.74 Å². The Morgan fingerprint density at radius 3 is 2.42 bits per heavy atom. The Morgan fingerprint density at radius 1 is 1.03 bits per heavy atom. The van der Waals surface area contributed by atoms with E-state index in [-0.39, 0.29) is 23.7 Å². The van der Waals surface area contributed by atoms with Crippen molar-refractivity contribution in [2.45, 2.75) is 58.3 Å². The van der Waals surface area contributed by atoms with Crippen LogP contribution in [-0.4, -0.2) is 41.7 Å². The number of aryl methyl sites for hydroxylation is 1. The van der Waals surface area contributed by atoms with Crippen LogP contribution in [0.15, 0.2) is 24.3 Å². The molecule has 0 atom stereocenters. The molecule has 2 heterocycles. The molecular formula is C25H28N2O5S. The number of nitrogens with zero attached hydrogens (tertiary/aromatic N) is 1. The standard InChI is InChI=1S/C25H28N2O5S/c1-2-32-25(31)21-18-12-7-8-13-19(18)33-22(21)26-20(28)14-4-3-9-15-27-23(29)16-10-5-6-11-17(16)24(27)30/h5-6,10-11H,2-4,7-9,12-15H2,1H3,(H,26,28). The monoisotopic (exact) mass is 468 g/mol. The zero-order valence-corrected chi connectivity index (χ0v) is 19.6. The van der Waals surface area contributed by atoms with Crippen molar-refractivity contribution in [3.63, 3.8) is 0 Å². The number of rotatable bonds is 9. The summed E-state index contributed by atoms with van der Waals surface area (Å²) in [6.07, 6.45) is 6.20. The first-order chi connectivity index (χ1) is 16.0. The largest absolute Gasteiger partial charge is 0.462 e. The van der Waals surface area contributed by atoms with Crippen LogP contribution in [0, 0.1) is 0 Å². The van der Waals surface area contributed by atoms with Gasteiger partial charge in [-0.25, -0.2) is 4.79 Å². The zero-order chi connectivity index (χ0) is 23.4. The fraction of sp³-hybridized carbons (Fsp3) is 0.440. The topological polar surface area (TPSA) is 92.8 Å². The van der Waals surface area contributed by atoms with Gasteiger partial charge in [0.1, 0.15) is 5.00 Å². The number of benzene rings is 1. The van der Waals surface area contributed by atoms with Gasteiger partial charge in [0, 0.05) is 17.8 Å². The van der Waals surface area contributed by atoms with Crippen molar-refractivity contribution in [1.29, 1.82) is 0 Å². The Bertz CT molecular complexity index is 1060. The molecule has 0 unspecified atom stereocenters. The number of fused-ring (bicyclic) bond motifs is 2. The summed E-state index contributed by atoms with van der Waals surface area (Å²) in [5.41, 5.74) is 2.47. The lowest BCUT2D eigenvalue weighted by molar-refractivity contribution is -0.116. The molecule has 0 saturated carbocycles. The predicted molar refractivity (Wildman–Crippen MR) is 126 cm³/mol. The number of nitrogens with one attached hydrogen (secondary N) is 1. The summed E-state index contributed by atoms with van der Waals surface area (Å²) in [5, 5.41) is 3.52. The highest BCUT2D eigenvalue weighted by Crippen LogP contribution is 2.38. The van der Waals surface area contributed by atoms with Crippen molar-refractivity contribution in [3.8, 4) is 0 Å². The molecule has 1 aromatic heterocycles.